The third-order valence-electron chi connectivity index (χ3n) is 4.56. The molecule has 9 heteroatoms. The highest BCUT2D eigenvalue weighted by atomic mass is 32.2. The van der Waals surface area contributed by atoms with Gasteiger partial charge in [-0.1, -0.05) is 36.4 Å². The number of hydrogen-bond donors (Lipinski definition) is 2. The van der Waals surface area contributed by atoms with E-state index < -0.39 is 21.4 Å². The third kappa shape index (κ3) is 3.68. The zero-order chi connectivity index (χ0) is 21.3. The van der Waals surface area contributed by atoms with Gasteiger partial charge in [0.15, 0.2) is 0 Å². The summed E-state index contributed by atoms with van der Waals surface area (Å²) in [5.74, 6) is -0.830. The van der Waals surface area contributed by atoms with Crippen LogP contribution in [-0.2, 0) is 16.6 Å². The zero-order valence-electron chi connectivity index (χ0n) is 15.5. The fraction of sp³-hybridized carbons (Fsp3) is 0.0476. The van der Waals surface area contributed by atoms with Crippen molar-refractivity contribution < 1.29 is 12.8 Å². The molecule has 4 rings (SSSR count). The fourth-order valence-corrected chi connectivity index (χ4v) is 4.22. The molecule has 0 aliphatic rings. The Bertz CT molecular complexity index is 1450. The quantitative estimate of drug-likeness (QED) is 0.515. The van der Waals surface area contributed by atoms with Gasteiger partial charge in [-0.3, -0.25) is 19.3 Å². The van der Waals surface area contributed by atoms with E-state index in [4.69, 9.17) is 5.26 Å². The van der Waals surface area contributed by atoms with Gasteiger partial charge in [0.05, 0.1) is 39.7 Å². The van der Waals surface area contributed by atoms with Crippen molar-refractivity contribution in [2.45, 2.75) is 11.4 Å². The highest BCUT2D eigenvalue weighted by Gasteiger charge is 2.19. The van der Waals surface area contributed by atoms with Crippen molar-refractivity contribution in [1.29, 1.82) is 5.26 Å². The maximum atomic E-state index is 14.7. The topological polar surface area (TPSA) is 108 Å². The van der Waals surface area contributed by atoms with Crippen molar-refractivity contribution in [2.75, 3.05) is 4.72 Å². The SMILES string of the molecule is N#Cc1cccc(S(=O)(=O)Nc2cc3c(=O)[nH]n(Cc4ccccc4)c3cc2F)c1. The van der Waals surface area contributed by atoms with Crippen LogP contribution in [0.3, 0.4) is 0 Å². The second-order valence-corrected chi connectivity index (χ2v) is 8.29. The van der Waals surface area contributed by atoms with Gasteiger partial charge in [-0.15, -0.1) is 0 Å². The first-order valence-electron chi connectivity index (χ1n) is 8.86. The molecule has 7 nitrogen and oxygen atoms in total. The van der Waals surface area contributed by atoms with Crippen molar-refractivity contribution in [1.82, 2.24) is 9.78 Å². The van der Waals surface area contributed by atoms with Gasteiger partial charge in [0.1, 0.15) is 5.82 Å². The maximum absolute atomic E-state index is 14.7. The molecule has 1 heterocycles. The molecule has 0 unspecified atom stereocenters. The average Bonchev–Trinajstić information content (AvgIpc) is 3.03. The van der Waals surface area contributed by atoms with Gasteiger partial charge in [0.25, 0.3) is 15.6 Å². The second kappa shape index (κ2) is 7.50. The summed E-state index contributed by atoms with van der Waals surface area (Å²) in [6.45, 7) is 0.324. The van der Waals surface area contributed by atoms with Gasteiger partial charge in [0, 0.05) is 6.07 Å². The van der Waals surface area contributed by atoms with Gasteiger partial charge in [0.2, 0.25) is 0 Å². The molecule has 0 saturated heterocycles. The van der Waals surface area contributed by atoms with Crippen LogP contribution in [-0.4, -0.2) is 18.2 Å². The monoisotopic (exact) mass is 422 g/mol. The minimum absolute atomic E-state index is 0.149. The van der Waals surface area contributed by atoms with Crippen LogP contribution in [0.1, 0.15) is 11.1 Å². The van der Waals surface area contributed by atoms with Crippen LogP contribution in [0, 0.1) is 17.1 Å². The van der Waals surface area contributed by atoms with E-state index in [1.54, 1.807) is 0 Å². The minimum Gasteiger partial charge on any atom is -0.280 e. The molecule has 0 saturated carbocycles. The number of anilines is 1. The Morgan fingerprint density at radius 1 is 1.07 bits per heavy atom. The Kier molecular flexibility index (Phi) is 4.85. The van der Waals surface area contributed by atoms with E-state index in [1.165, 1.54) is 28.9 Å². The predicted octanol–water partition coefficient (Wildman–Crippen LogP) is 3.19. The third-order valence-corrected chi connectivity index (χ3v) is 5.92. The van der Waals surface area contributed by atoms with Crippen molar-refractivity contribution >= 4 is 26.6 Å². The first-order chi connectivity index (χ1) is 14.4. The van der Waals surface area contributed by atoms with Crippen molar-refractivity contribution in [3.63, 3.8) is 0 Å². The van der Waals surface area contributed by atoms with E-state index in [0.29, 0.717) is 12.1 Å². The molecule has 0 atom stereocenters. The van der Waals surface area contributed by atoms with Crippen molar-refractivity contribution in [2.24, 2.45) is 0 Å². The highest BCUT2D eigenvalue weighted by molar-refractivity contribution is 7.92. The number of benzene rings is 3. The first-order valence-corrected chi connectivity index (χ1v) is 10.3. The second-order valence-electron chi connectivity index (χ2n) is 6.61. The van der Waals surface area contributed by atoms with Crippen molar-refractivity contribution in [3.8, 4) is 6.07 Å². The number of nitrogens with one attached hydrogen (secondary N) is 2. The van der Waals surface area contributed by atoms with Crippen LogP contribution in [0.15, 0.2) is 76.4 Å². The van der Waals surface area contributed by atoms with Gasteiger partial charge < -0.3 is 0 Å². The summed E-state index contributed by atoms with van der Waals surface area (Å²) in [7, 11) is -4.15. The number of rotatable bonds is 5. The zero-order valence-corrected chi connectivity index (χ0v) is 16.3. The number of sulfonamides is 1. The molecule has 3 aromatic carbocycles. The molecule has 4 aromatic rings. The van der Waals surface area contributed by atoms with Gasteiger partial charge in [-0.05, 0) is 29.8 Å². The summed E-state index contributed by atoms with van der Waals surface area (Å²) in [4.78, 5) is 12.2. The number of aromatic nitrogens is 2. The molecule has 0 aliphatic heterocycles. The molecule has 0 radical (unpaired) electrons. The number of hydrogen-bond acceptors (Lipinski definition) is 4. The van der Waals surface area contributed by atoms with E-state index in [0.717, 1.165) is 17.7 Å². The molecule has 0 fully saturated rings. The molecule has 2 N–H and O–H groups in total. The minimum atomic E-state index is -4.15. The Hall–Kier alpha value is -3.90. The molecular formula is C21H15FN4O3S. The Labute approximate surface area is 171 Å². The van der Waals surface area contributed by atoms with Crippen LogP contribution >= 0.6 is 0 Å². The number of nitrogens with zero attached hydrogens (tertiary/aromatic N) is 2. The Morgan fingerprint density at radius 3 is 2.57 bits per heavy atom. The van der Waals surface area contributed by atoms with Gasteiger partial charge in [-0.25, -0.2) is 12.8 Å². The molecular weight excluding hydrogens is 407 g/mol. The summed E-state index contributed by atoms with van der Waals surface area (Å²) < 4.78 is 43.6. The van der Waals surface area contributed by atoms with E-state index >= 15 is 0 Å². The van der Waals surface area contributed by atoms with Crippen LogP contribution in [0.2, 0.25) is 0 Å². The molecule has 0 spiro atoms. The normalized spacial score (nSPS) is 11.3. The molecule has 0 aliphatic carbocycles. The smallest absolute Gasteiger partial charge is 0.272 e. The number of H-pyrrole nitrogens is 1. The standard InChI is InChI=1S/C21H15FN4O3S/c22-18-11-20-17(21(27)24-26(20)13-14-5-2-1-3-6-14)10-19(18)25-30(28,29)16-8-4-7-15(9-16)12-23/h1-11,25H,13H2,(H,24,27). The number of aromatic amines is 1. The average molecular weight is 422 g/mol. The highest BCUT2D eigenvalue weighted by Crippen LogP contribution is 2.24. The maximum Gasteiger partial charge on any atom is 0.272 e. The molecule has 1 aromatic heterocycles. The largest absolute Gasteiger partial charge is 0.280 e. The van der Waals surface area contributed by atoms with E-state index in [-0.39, 0.29) is 21.5 Å². The first kappa shape index (κ1) is 19.4. The lowest BCUT2D eigenvalue weighted by atomic mass is 10.2. The lowest BCUT2D eigenvalue weighted by molar-refractivity contribution is 0.598. The molecule has 0 amide bonds. The van der Waals surface area contributed by atoms with E-state index in [2.05, 4.69) is 9.82 Å². The summed E-state index contributed by atoms with van der Waals surface area (Å²) >= 11 is 0. The lowest BCUT2D eigenvalue weighted by Crippen LogP contribution is -2.14. The lowest BCUT2D eigenvalue weighted by Gasteiger charge is -2.10. The molecule has 150 valence electrons. The van der Waals surface area contributed by atoms with Gasteiger partial charge >= 0.3 is 0 Å². The van der Waals surface area contributed by atoms with Crippen LogP contribution < -0.4 is 10.3 Å². The summed E-state index contributed by atoms with van der Waals surface area (Å²) in [6, 6.07) is 18.8. The summed E-state index contributed by atoms with van der Waals surface area (Å²) in [6.07, 6.45) is 0. The van der Waals surface area contributed by atoms with Crippen LogP contribution in [0.4, 0.5) is 10.1 Å². The summed E-state index contributed by atoms with van der Waals surface area (Å²) in [5.41, 5.74) is 0.563. The molecule has 0 bridgehead atoms. The van der Waals surface area contributed by atoms with E-state index in [1.807, 2.05) is 36.4 Å². The van der Waals surface area contributed by atoms with E-state index in [9.17, 15) is 17.6 Å². The number of nitriles is 1. The van der Waals surface area contributed by atoms with Crippen LogP contribution in [0.25, 0.3) is 10.9 Å². The Morgan fingerprint density at radius 2 is 1.83 bits per heavy atom. The number of halogens is 1. The fourth-order valence-electron chi connectivity index (χ4n) is 3.12. The number of fused-ring (bicyclic) bond motifs is 1. The Balaban J connectivity index is 1.72. The predicted molar refractivity (Wildman–Crippen MR) is 110 cm³/mol. The molecule has 30 heavy (non-hydrogen) atoms. The van der Waals surface area contributed by atoms with Gasteiger partial charge in [-0.2, -0.15) is 5.26 Å². The van der Waals surface area contributed by atoms with Crippen molar-refractivity contribution in [3.05, 3.63) is 94.0 Å². The summed E-state index contributed by atoms with van der Waals surface area (Å²) in [5, 5.41) is 11.7. The van der Waals surface area contributed by atoms with Crippen LogP contribution in [0.5, 0.6) is 0 Å².